The topological polar surface area (TPSA) is 68.3 Å². The van der Waals surface area contributed by atoms with E-state index in [4.69, 9.17) is 9.47 Å². The highest BCUT2D eigenvalue weighted by Gasteiger charge is 2.24. The van der Waals surface area contributed by atoms with Gasteiger partial charge in [-0.2, -0.15) is 4.98 Å². The minimum atomic E-state index is -0.446. The fourth-order valence-electron chi connectivity index (χ4n) is 3.59. The Kier molecular flexibility index (Phi) is 5.67. The highest BCUT2D eigenvalue weighted by atomic mass is 19.1. The third-order valence-corrected chi connectivity index (χ3v) is 4.96. The Balaban J connectivity index is 1.57. The molecular formula is C20H25FN4O2. The van der Waals surface area contributed by atoms with Gasteiger partial charge in [0.05, 0.1) is 18.9 Å². The van der Waals surface area contributed by atoms with Crippen LogP contribution in [0.4, 0.5) is 21.8 Å². The van der Waals surface area contributed by atoms with Gasteiger partial charge in [0.15, 0.2) is 11.6 Å². The molecule has 2 atom stereocenters. The molecule has 144 valence electrons. The van der Waals surface area contributed by atoms with Crippen LogP contribution in [0.1, 0.15) is 38.5 Å². The van der Waals surface area contributed by atoms with Gasteiger partial charge in [-0.1, -0.05) is 6.07 Å². The first kappa shape index (κ1) is 18.0. The van der Waals surface area contributed by atoms with Crippen molar-refractivity contribution in [1.82, 2.24) is 9.97 Å². The molecule has 1 saturated carbocycles. The van der Waals surface area contributed by atoms with Crippen LogP contribution < -0.4 is 15.4 Å². The number of rotatable bonds is 0. The van der Waals surface area contributed by atoms with E-state index in [9.17, 15) is 4.39 Å². The lowest BCUT2D eigenvalue weighted by Crippen LogP contribution is -2.32. The van der Waals surface area contributed by atoms with Crippen molar-refractivity contribution in [2.75, 3.05) is 23.8 Å². The van der Waals surface area contributed by atoms with Gasteiger partial charge in [-0.15, -0.1) is 0 Å². The first-order valence-electron chi connectivity index (χ1n) is 9.67. The molecule has 6 nitrogen and oxygen atoms in total. The van der Waals surface area contributed by atoms with Crippen LogP contribution in [0, 0.1) is 5.82 Å². The molecule has 27 heavy (non-hydrogen) atoms. The standard InChI is InChI=1S/C20H25FN4O2/c21-18-13-22-20-24-15-6-4-8-17(12-15)27-10-2-1-9-26-16-7-3-5-14(11-16)23-19(18)25-20/h4,6,8,12-14,16H,1-3,5,7,9-11H2,(H2,22,23,24,25)/t14-,16-/m1/s1. The summed E-state index contributed by atoms with van der Waals surface area (Å²) in [4.78, 5) is 8.39. The lowest BCUT2D eigenvalue weighted by Gasteiger charge is -2.30. The summed E-state index contributed by atoms with van der Waals surface area (Å²) in [6.07, 6.45) is 7.29. The molecule has 2 aliphatic rings. The van der Waals surface area contributed by atoms with Crippen LogP contribution in [0.2, 0.25) is 0 Å². The van der Waals surface area contributed by atoms with Crippen molar-refractivity contribution in [3.05, 3.63) is 36.3 Å². The van der Waals surface area contributed by atoms with Crippen molar-refractivity contribution in [1.29, 1.82) is 0 Å². The number of nitrogens with zero attached hydrogens (tertiary/aromatic N) is 2. The number of ether oxygens (including phenoxy) is 2. The van der Waals surface area contributed by atoms with Crippen molar-refractivity contribution in [3.63, 3.8) is 0 Å². The molecule has 1 fully saturated rings. The highest BCUT2D eigenvalue weighted by Crippen LogP contribution is 2.26. The van der Waals surface area contributed by atoms with Crippen LogP contribution in [0.3, 0.4) is 0 Å². The Morgan fingerprint density at radius 2 is 2.04 bits per heavy atom. The maximum absolute atomic E-state index is 14.2. The molecule has 4 rings (SSSR count). The average molecular weight is 372 g/mol. The summed E-state index contributed by atoms with van der Waals surface area (Å²) in [5.74, 6) is 0.916. The summed E-state index contributed by atoms with van der Waals surface area (Å²) in [5.41, 5.74) is 0.801. The average Bonchev–Trinajstić information content (AvgIpc) is 2.67. The summed E-state index contributed by atoms with van der Waals surface area (Å²) >= 11 is 0. The largest absolute Gasteiger partial charge is 0.494 e. The van der Waals surface area contributed by atoms with E-state index in [-0.39, 0.29) is 18.0 Å². The molecule has 1 aromatic heterocycles. The number of fused-ring (bicyclic) bond motifs is 6. The number of hydrogen-bond donors (Lipinski definition) is 2. The number of benzene rings is 1. The molecule has 0 unspecified atom stereocenters. The molecule has 1 aliphatic heterocycles. The second-order valence-corrected chi connectivity index (χ2v) is 7.10. The Labute approximate surface area is 158 Å². The van der Waals surface area contributed by atoms with E-state index in [1.54, 1.807) is 0 Å². The van der Waals surface area contributed by atoms with Gasteiger partial charge in [-0.05, 0) is 50.7 Å². The third kappa shape index (κ3) is 4.86. The lowest BCUT2D eigenvalue weighted by atomic mass is 9.93. The van der Waals surface area contributed by atoms with Crippen molar-refractivity contribution >= 4 is 17.5 Å². The molecule has 0 radical (unpaired) electrons. The zero-order valence-corrected chi connectivity index (χ0v) is 15.3. The van der Waals surface area contributed by atoms with E-state index >= 15 is 0 Å². The van der Waals surface area contributed by atoms with E-state index in [0.717, 1.165) is 56.6 Å². The first-order valence-corrected chi connectivity index (χ1v) is 9.67. The highest BCUT2D eigenvalue weighted by molar-refractivity contribution is 5.57. The summed E-state index contributed by atoms with van der Waals surface area (Å²) in [5, 5.41) is 6.38. The summed E-state index contributed by atoms with van der Waals surface area (Å²) < 4.78 is 26.1. The van der Waals surface area contributed by atoms with E-state index < -0.39 is 5.82 Å². The number of nitrogens with one attached hydrogen (secondary N) is 2. The van der Waals surface area contributed by atoms with E-state index in [1.165, 1.54) is 6.20 Å². The smallest absolute Gasteiger partial charge is 0.229 e. The van der Waals surface area contributed by atoms with Gasteiger partial charge >= 0.3 is 0 Å². The monoisotopic (exact) mass is 372 g/mol. The molecule has 7 heteroatoms. The quantitative estimate of drug-likeness (QED) is 0.720. The molecular weight excluding hydrogens is 347 g/mol. The Morgan fingerprint density at radius 1 is 1.11 bits per heavy atom. The second kappa shape index (κ2) is 8.52. The van der Waals surface area contributed by atoms with Crippen LogP contribution in [0.5, 0.6) is 5.75 Å². The number of hydrogen-bond acceptors (Lipinski definition) is 6. The van der Waals surface area contributed by atoms with Gasteiger partial charge in [0.1, 0.15) is 5.75 Å². The van der Waals surface area contributed by atoms with Gasteiger partial charge < -0.3 is 20.1 Å². The Bertz CT molecular complexity index is 773. The molecule has 0 amide bonds. The van der Waals surface area contributed by atoms with Crippen molar-refractivity contribution in [2.24, 2.45) is 0 Å². The normalized spacial score (nSPS) is 23.3. The molecule has 2 aromatic rings. The van der Waals surface area contributed by atoms with Crippen LogP contribution in [0.25, 0.3) is 0 Å². The maximum atomic E-state index is 14.2. The van der Waals surface area contributed by atoms with Gasteiger partial charge in [-0.3, -0.25) is 0 Å². The number of aromatic nitrogens is 2. The summed E-state index contributed by atoms with van der Waals surface area (Å²) in [6, 6.07) is 7.77. The van der Waals surface area contributed by atoms with E-state index in [0.29, 0.717) is 12.6 Å². The van der Waals surface area contributed by atoms with Crippen molar-refractivity contribution < 1.29 is 13.9 Å². The lowest BCUT2D eigenvalue weighted by molar-refractivity contribution is 0.0223. The van der Waals surface area contributed by atoms with Gasteiger partial charge in [-0.25, -0.2) is 9.37 Å². The predicted molar refractivity (Wildman–Crippen MR) is 102 cm³/mol. The van der Waals surface area contributed by atoms with Gasteiger partial charge in [0, 0.05) is 24.4 Å². The Hall–Kier alpha value is -2.41. The molecule has 0 spiro atoms. The molecule has 1 aliphatic carbocycles. The van der Waals surface area contributed by atoms with E-state index in [1.807, 2.05) is 24.3 Å². The molecule has 2 heterocycles. The first-order chi connectivity index (χ1) is 13.3. The zero-order chi connectivity index (χ0) is 18.5. The SMILES string of the molecule is Fc1cnc2nc1N[C@@H]1CCC[C@H](C1)OCCCCOc1cccc(c1)N2. The Morgan fingerprint density at radius 3 is 3.00 bits per heavy atom. The van der Waals surface area contributed by atoms with Crippen LogP contribution in [-0.2, 0) is 4.74 Å². The fraction of sp³-hybridized carbons (Fsp3) is 0.500. The fourth-order valence-corrected chi connectivity index (χ4v) is 3.59. The van der Waals surface area contributed by atoms with E-state index in [2.05, 4.69) is 20.6 Å². The molecule has 6 bridgehead atoms. The minimum absolute atomic E-state index is 0.156. The van der Waals surface area contributed by atoms with Crippen LogP contribution >= 0.6 is 0 Å². The number of anilines is 3. The van der Waals surface area contributed by atoms with Crippen molar-refractivity contribution in [2.45, 2.75) is 50.7 Å². The minimum Gasteiger partial charge on any atom is -0.494 e. The summed E-state index contributed by atoms with van der Waals surface area (Å²) in [7, 11) is 0. The molecule has 2 N–H and O–H groups in total. The van der Waals surface area contributed by atoms with Crippen molar-refractivity contribution in [3.8, 4) is 5.75 Å². The summed E-state index contributed by atoms with van der Waals surface area (Å²) in [6.45, 7) is 1.38. The van der Waals surface area contributed by atoms with Gasteiger partial charge in [0.25, 0.3) is 0 Å². The molecule has 1 aromatic carbocycles. The molecule has 0 saturated heterocycles. The van der Waals surface area contributed by atoms with Crippen LogP contribution in [0.15, 0.2) is 30.5 Å². The second-order valence-electron chi connectivity index (χ2n) is 7.10. The zero-order valence-electron chi connectivity index (χ0n) is 15.3. The van der Waals surface area contributed by atoms with Gasteiger partial charge in [0.2, 0.25) is 5.95 Å². The third-order valence-electron chi connectivity index (χ3n) is 4.96. The number of halogens is 1. The predicted octanol–water partition coefficient (Wildman–Crippen LogP) is 4.27. The van der Waals surface area contributed by atoms with Crippen LogP contribution in [-0.4, -0.2) is 35.3 Å². The maximum Gasteiger partial charge on any atom is 0.229 e.